The van der Waals surface area contributed by atoms with Crippen molar-refractivity contribution in [1.82, 2.24) is 14.2 Å². The normalized spacial score (nSPS) is 26.6. The van der Waals surface area contributed by atoms with Gasteiger partial charge in [-0.15, -0.1) is 0 Å². The van der Waals surface area contributed by atoms with Gasteiger partial charge in [-0.3, -0.25) is 4.79 Å². The minimum absolute atomic E-state index is 0.0333. The molecule has 0 radical (unpaired) electrons. The summed E-state index contributed by atoms with van der Waals surface area (Å²) in [6.45, 7) is 3.83. The van der Waals surface area contributed by atoms with Crippen LogP contribution in [0, 0.1) is 5.92 Å². The Kier molecular flexibility index (Phi) is 6.22. The maximum atomic E-state index is 13.2. The highest BCUT2D eigenvalue weighted by Crippen LogP contribution is 2.46. The molecule has 7 nitrogen and oxygen atoms in total. The predicted octanol–water partition coefficient (Wildman–Crippen LogP) is 3.79. The van der Waals surface area contributed by atoms with Crippen LogP contribution < -0.4 is 4.72 Å². The summed E-state index contributed by atoms with van der Waals surface area (Å²) in [4.78, 5) is 15.1. The lowest BCUT2D eigenvalue weighted by Crippen LogP contribution is -2.50. The number of hydrogen-bond donors (Lipinski definition) is 1. The third-order valence-corrected chi connectivity index (χ3v) is 9.39. The van der Waals surface area contributed by atoms with Gasteiger partial charge in [0.25, 0.3) is 0 Å². The van der Waals surface area contributed by atoms with Crippen LogP contribution in [-0.4, -0.2) is 55.6 Å². The summed E-state index contributed by atoms with van der Waals surface area (Å²) in [5.41, 5.74) is 1.95. The number of aryl methyl sites for hydroxylation is 1. The summed E-state index contributed by atoms with van der Waals surface area (Å²) in [5.74, 6) is 0.630. The van der Waals surface area contributed by atoms with Gasteiger partial charge in [0.1, 0.15) is 0 Å². The molecule has 180 valence electrons. The van der Waals surface area contributed by atoms with E-state index in [0.29, 0.717) is 51.4 Å². The van der Waals surface area contributed by atoms with Gasteiger partial charge in [-0.25, -0.2) is 13.1 Å². The second kappa shape index (κ2) is 8.87. The first-order chi connectivity index (χ1) is 15.8. The summed E-state index contributed by atoms with van der Waals surface area (Å²) >= 11 is 6.60. The maximum absolute atomic E-state index is 13.2. The van der Waals surface area contributed by atoms with Crippen molar-refractivity contribution in [2.75, 3.05) is 19.8 Å². The van der Waals surface area contributed by atoms with Gasteiger partial charge < -0.3 is 14.2 Å². The fraction of sp³-hybridized carbons (Fsp3) is 0.625. The molecule has 9 heteroatoms. The highest BCUT2D eigenvalue weighted by atomic mass is 35.5. The lowest BCUT2D eigenvalue weighted by atomic mass is 9.85. The van der Waals surface area contributed by atoms with Crippen molar-refractivity contribution >= 4 is 38.4 Å². The lowest BCUT2D eigenvalue weighted by Gasteiger charge is -2.37. The number of morpholine rings is 1. The fourth-order valence-corrected chi connectivity index (χ4v) is 7.17. The van der Waals surface area contributed by atoms with Gasteiger partial charge in [-0.2, -0.15) is 0 Å². The predicted molar refractivity (Wildman–Crippen MR) is 128 cm³/mol. The minimum Gasteiger partial charge on any atom is -0.377 e. The zero-order chi connectivity index (χ0) is 23.3. The first-order valence-electron chi connectivity index (χ1n) is 11.9. The van der Waals surface area contributed by atoms with Crippen molar-refractivity contribution < 1.29 is 17.9 Å². The Morgan fingerprint density at radius 1 is 1.15 bits per heavy atom. The minimum atomic E-state index is -3.66. The number of nitrogens with one attached hydrogen (secondary N) is 1. The number of nitrogens with zero attached hydrogens (tertiary/aromatic N) is 2. The molecule has 2 saturated carbocycles. The Balaban J connectivity index is 1.26. The molecule has 3 fully saturated rings. The number of rotatable bonds is 5. The summed E-state index contributed by atoms with van der Waals surface area (Å²) in [5, 5.41) is 1.64. The van der Waals surface area contributed by atoms with Crippen LogP contribution >= 0.6 is 11.6 Å². The zero-order valence-electron chi connectivity index (χ0n) is 19.2. The number of amides is 1. The number of ether oxygens (including phenoxy) is 1. The lowest BCUT2D eigenvalue weighted by molar-refractivity contribution is -0.144. The molecule has 1 N–H and O–H groups in total. The number of carbonyl (C=O) groups is 1. The first kappa shape index (κ1) is 23.1. The highest BCUT2D eigenvalue weighted by Gasteiger charge is 2.34. The molecule has 1 aliphatic heterocycles. The van der Waals surface area contributed by atoms with Crippen LogP contribution in [-0.2, 0) is 26.6 Å². The maximum Gasteiger partial charge on any atom is 0.240 e. The summed E-state index contributed by atoms with van der Waals surface area (Å²) in [6, 6.07) is 5.13. The molecule has 1 aromatic heterocycles. The molecule has 3 aliphatic rings. The second-order valence-electron chi connectivity index (χ2n) is 9.84. The van der Waals surface area contributed by atoms with E-state index in [1.54, 1.807) is 12.1 Å². The summed E-state index contributed by atoms with van der Waals surface area (Å²) in [6.07, 6.45) is 5.00. The molecule has 1 amide bonds. The number of fused-ring (bicyclic) bond motifs is 1. The first-order valence-corrected chi connectivity index (χ1v) is 13.8. The topological polar surface area (TPSA) is 80.6 Å². The number of halogens is 1. The van der Waals surface area contributed by atoms with Gasteiger partial charge >= 0.3 is 0 Å². The van der Waals surface area contributed by atoms with Crippen molar-refractivity contribution in [2.45, 2.75) is 68.3 Å². The molecule has 0 bridgehead atoms. The molecule has 33 heavy (non-hydrogen) atoms. The van der Waals surface area contributed by atoms with E-state index in [-0.39, 0.29) is 28.8 Å². The van der Waals surface area contributed by atoms with Crippen molar-refractivity contribution in [1.29, 1.82) is 0 Å². The van der Waals surface area contributed by atoms with Gasteiger partial charge in [-0.05, 0) is 63.6 Å². The molecule has 1 saturated heterocycles. The van der Waals surface area contributed by atoms with Crippen LogP contribution in [0.3, 0.4) is 0 Å². The molecular weight excluding hydrogens is 462 g/mol. The molecule has 2 heterocycles. The molecule has 1 aromatic carbocycles. The van der Waals surface area contributed by atoms with Gasteiger partial charge in [0.15, 0.2) is 0 Å². The van der Waals surface area contributed by atoms with Crippen LogP contribution in [0.5, 0.6) is 0 Å². The largest absolute Gasteiger partial charge is 0.377 e. The van der Waals surface area contributed by atoms with Gasteiger partial charge in [0.2, 0.25) is 15.9 Å². The molecular formula is C24H32ClN3O4S. The van der Waals surface area contributed by atoms with E-state index in [4.69, 9.17) is 16.3 Å². The van der Waals surface area contributed by atoms with E-state index >= 15 is 0 Å². The number of hydrogen-bond acceptors (Lipinski definition) is 4. The SMILES string of the molecule is CC1COCCN1C(=O)C1CCC(NS(=O)(=O)c2ccc3c(Cl)c(C4CC4)n(C)c3c2)CC1. The molecule has 5 rings (SSSR count). The van der Waals surface area contributed by atoms with Crippen molar-refractivity contribution in [3.63, 3.8) is 0 Å². The standard InChI is InChI=1S/C24H32ClN3O4S/c1-15-14-32-12-11-28(15)24(29)17-5-7-18(8-6-17)26-33(30,31)19-9-10-20-21(13-19)27(2)23(22(20)25)16-3-4-16/h9-10,13,15-18,26H,3-8,11-12,14H2,1-2H3. The molecule has 2 aromatic rings. The zero-order valence-corrected chi connectivity index (χ0v) is 20.8. The third-order valence-electron chi connectivity index (χ3n) is 7.48. The second-order valence-corrected chi connectivity index (χ2v) is 11.9. The van der Waals surface area contributed by atoms with Crippen LogP contribution in [0.25, 0.3) is 10.9 Å². The summed E-state index contributed by atoms with van der Waals surface area (Å²) in [7, 11) is -1.70. The Bertz CT molecular complexity index is 1170. The van der Waals surface area contributed by atoms with E-state index < -0.39 is 10.0 Å². The Morgan fingerprint density at radius 2 is 1.88 bits per heavy atom. The van der Waals surface area contributed by atoms with Gasteiger partial charge in [0.05, 0.1) is 34.7 Å². The number of sulfonamides is 1. The van der Waals surface area contributed by atoms with Gasteiger partial charge in [-0.1, -0.05) is 11.6 Å². The van der Waals surface area contributed by atoms with E-state index in [2.05, 4.69) is 4.72 Å². The average Bonchev–Trinajstić information content (AvgIpc) is 3.60. The van der Waals surface area contributed by atoms with Crippen molar-refractivity contribution in [3.8, 4) is 0 Å². The smallest absolute Gasteiger partial charge is 0.240 e. The van der Waals surface area contributed by atoms with Gasteiger partial charge in [0, 0.05) is 42.6 Å². The molecule has 2 aliphatic carbocycles. The Morgan fingerprint density at radius 3 is 2.55 bits per heavy atom. The molecule has 0 spiro atoms. The number of aromatic nitrogens is 1. The van der Waals surface area contributed by atoms with Crippen molar-refractivity contribution in [3.05, 3.63) is 28.9 Å². The highest BCUT2D eigenvalue weighted by molar-refractivity contribution is 7.89. The van der Waals surface area contributed by atoms with Crippen LogP contribution in [0.4, 0.5) is 0 Å². The average molecular weight is 494 g/mol. The van der Waals surface area contributed by atoms with Crippen molar-refractivity contribution in [2.24, 2.45) is 13.0 Å². The Labute approximate surface area is 200 Å². The van der Waals surface area contributed by atoms with Crippen LogP contribution in [0.2, 0.25) is 5.02 Å². The van der Waals surface area contributed by atoms with Crippen LogP contribution in [0.1, 0.15) is 57.1 Å². The molecule has 1 atom stereocenters. The quantitative estimate of drug-likeness (QED) is 0.687. The Hall–Kier alpha value is -1.61. The van der Waals surface area contributed by atoms with E-state index in [9.17, 15) is 13.2 Å². The third kappa shape index (κ3) is 4.43. The fourth-order valence-electron chi connectivity index (χ4n) is 5.40. The van der Waals surface area contributed by atoms with E-state index in [0.717, 1.165) is 34.5 Å². The van der Waals surface area contributed by atoms with E-state index in [1.165, 1.54) is 0 Å². The number of carbonyl (C=O) groups excluding carboxylic acids is 1. The number of benzene rings is 1. The summed E-state index contributed by atoms with van der Waals surface area (Å²) < 4.78 is 36.7. The monoisotopic (exact) mass is 493 g/mol. The van der Waals surface area contributed by atoms with E-state index in [1.807, 2.05) is 29.5 Å². The molecule has 1 unspecified atom stereocenters. The van der Waals surface area contributed by atoms with Crippen LogP contribution in [0.15, 0.2) is 23.1 Å².